The highest BCUT2D eigenvalue weighted by Crippen LogP contribution is 2.23. The number of aromatic nitrogens is 3. The third kappa shape index (κ3) is 2.62. The molecular weight excluding hydrogens is 297 g/mol. The molecule has 0 amide bonds. The molecule has 0 atom stereocenters. The van der Waals surface area contributed by atoms with Crippen molar-refractivity contribution in [3.05, 3.63) is 40.7 Å². The number of nitriles is 1. The van der Waals surface area contributed by atoms with E-state index in [0.29, 0.717) is 0 Å². The minimum atomic E-state index is -5.03. The second kappa shape index (κ2) is 4.94. The molecule has 0 aliphatic rings. The van der Waals surface area contributed by atoms with E-state index in [0.717, 1.165) is 10.9 Å². The van der Waals surface area contributed by atoms with Crippen molar-refractivity contribution in [3.8, 4) is 11.8 Å². The van der Waals surface area contributed by atoms with Crippen molar-refractivity contribution in [2.45, 2.75) is 6.18 Å². The summed E-state index contributed by atoms with van der Waals surface area (Å²) < 4.78 is 37.7. The molecule has 2 rings (SSSR count). The van der Waals surface area contributed by atoms with E-state index in [2.05, 4.69) is 10.3 Å². The van der Waals surface area contributed by atoms with Gasteiger partial charge >= 0.3 is 6.18 Å². The first-order valence-electron chi connectivity index (χ1n) is 5.07. The van der Waals surface area contributed by atoms with Crippen LogP contribution in [0, 0.1) is 11.3 Å². The molecule has 1 aromatic carbocycles. The lowest BCUT2D eigenvalue weighted by atomic mass is 10.2. The maximum Gasteiger partial charge on any atom is 0.456 e. The number of hydrogen-bond donors (Lipinski definition) is 0. The number of carbonyl (C=O) groups excluding carboxylic acids is 1. The Hall–Kier alpha value is -2.40. The van der Waals surface area contributed by atoms with Gasteiger partial charge in [-0.1, -0.05) is 16.8 Å². The Labute approximate surface area is 115 Å². The van der Waals surface area contributed by atoms with Gasteiger partial charge in [0.15, 0.2) is 5.69 Å². The number of benzene rings is 1. The van der Waals surface area contributed by atoms with Gasteiger partial charge in [-0.2, -0.15) is 18.4 Å². The zero-order valence-corrected chi connectivity index (χ0v) is 10.3. The lowest BCUT2D eigenvalue weighted by Gasteiger charge is -2.03. The van der Waals surface area contributed by atoms with E-state index in [9.17, 15) is 18.0 Å². The highest BCUT2D eigenvalue weighted by Gasteiger charge is 2.41. The minimum absolute atomic E-state index is 0.152. The molecule has 5 nitrogen and oxygen atoms in total. The summed E-state index contributed by atoms with van der Waals surface area (Å²) in [5.74, 6) is -2.10. The lowest BCUT2D eigenvalue weighted by Crippen LogP contribution is -2.23. The summed E-state index contributed by atoms with van der Waals surface area (Å²) in [5, 5.41) is 15.5. The molecule has 0 saturated heterocycles. The Kier molecular flexibility index (Phi) is 3.46. The second-order valence-electron chi connectivity index (χ2n) is 3.65. The van der Waals surface area contributed by atoms with E-state index in [1.165, 1.54) is 18.2 Å². The van der Waals surface area contributed by atoms with Crippen LogP contribution in [-0.4, -0.2) is 27.0 Å². The predicted octanol–water partition coefficient (Wildman–Crippen LogP) is 2.54. The average molecular weight is 301 g/mol. The summed E-state index contributed by atoms with van der Waals surface area (Å²) in [5.41, 5.74) is -0.459. The van der Waals surface area contributed by atoms with Crippen molar-refractivity contribution >= 4 is 17.4 Å². The van der Waals surface area contributed by atoms with Crippen molar-refractivity contribution in [1.82, 2.24) is 15.0 Å². The largest absolute Gasteiger partial charge is 0.456 e. The van der Waals surface area contributed by atoms with Gasteiger partial charge in [0.1, 0.15) is 0 Å². The van der Waals surface area contributed by atoms with E-state index in [-0.39, 0.29) is 16.3 Å². The molecule has 9 heteroatoms. The van der Waals surface area contributed by atoms with Crippen LogP contribution in [-0.2, 0) is 0 Å². The van der Waals surface area contributed by atoms with Crippen LogP contribution in [0.2, 0.25) is 5.02 Å². The maximum absolute atomic E-state index is 12.2. The molecule has 0 bridgehead atoms. The lowest BCUT2D eigenvalue weighted by molar-refractivity contribution is -0.0888. The van der Waals surface area contributed by atoms with E-state index in [4.69, 9.17) is 16.9 Å². The number of rotatable bonds is 2. The summed E-state index contributed by atoms with van der Waals surface area (Å²) in [6, 6.07) is 6.00. The Morgan fingerprint density at radius 3 is 2.70 bits per heavy atom. The Balaban J connectivity index is 2.44. The van der Waals surface area contributed by atoms with Crippen molar-refractivity contribution in [2.24, 2.45) is 0 Å². The smallest absolute Gasteiger partial charge is 0.282 e. The third-order valence-corrected chi connectivity index (χ3v) is 2.63. The van der Waals surface area contributed by atoms with Crippen LogP contribution in [0.5, 0.6) is 0 Å². The van der Waals surface area contributed by atoms with Crippen LogP contribution in [0.4, 0.5) is 13.2 Å². The van der Waals surface area contributed by atoms with E-state index in [1.807, 2.05) is 6.07 Å². The van der Waals surface area contributed by atoms with Crippen molar-refractivity contribution in [3.63, 3.8) is 0 Å². The quantitative estimate of drug-likeness (QED) is 0.799. The summed E-state index contributed by atoms with van der Waals surface area (Å²) >= 11 is 5.86. The summed E-state index contributed by atoms with van der Waals surface area (Å²) in [4.78, 5) is 11.0. The predicted molar refractivity (Wildman–Crippen MR) is 61.5 cm³/mol. The normalized spacial score (nSPS) is 11.2. The van der Waals surface area contributed by atoms with Gasteiger partial charge in [-0.3, -0.25) is 4.79 Å². The molecule has 0 aliphatic carbocycles. The molecule has 1 aromatic heterocycles. The molecular formula is C11H4ClF3N4O. The molecule has 0 spiro atoms. The van der Waals surface area contributed by atoms with Crippen molar-refractivity contribution < 1.29 is 18.0 Å². The topological polar surface area (TPSA) is 71.6 Å². The van der Waals surface area contributed by atoms with Gasteiger partial charge in [-0.15, -0.1) is 5.10 Å². The van der Waals surface area contributed by atoms with Crippen LogP contribution in [0.1, 0.15) is 16.1 Å². The Morgan fingerprint density at radius 2 is 2.10 bits per heavy atom. The molecule has 0 saturated carbocycles. The standard InChI is InChI=1S/C11H4ClF3N4O/c12-7-2-1-6(4-16)3-9(7)19-5-8(17-18-19)10(20)11(13,14)15/h1-3,5H. The fourth-order valence-corrected chi connectivity index (χ4v) is 1.59. The van der Waals surface area contributed by atoms with Crippen LogP contribution < -0.4 is 0 Å². The number of hydrogen-bond acceptors (Lipinski definition) is 4. The fraction of sp³-hybridized carbons (Fsp3) is 0.0909. The minimum Gasteiger partial charge on any atom is -0.282 e. The molecule has 102 valence electrons. The molecule has 0 radical (unpaired) electrons. The van der Waals surface area contributed by atoms with Gasteiger partial charge in [0.25, 0.3) is 5.78 Å². The van der Waals surface area contributed by atoms with E-state index >= 15 is 0 Å². The first kappa shape index (κ1) is 14.0. The van der Waals surface area contributed by atoms with Gasteiger partial charge in [0.2, 0.25) is 0 Å². The zero-order valence-electron chi connectivity index (χ0n) is 9.52. The Morgan fingerprint density at radius 1 is 1.40 bits per heavy atom. The molecule has 2 aromatic rings. The van der Waals surface area contributed by atoms with E-state index in [1.54, 1.807) is 0 Å². The summed E-state index contributed by atoms with van der Waals surface area (Å²) in [6.07, 6.45) is -4.22. The summed E-state index contributed by atoms with van der Waals surface area (Å²) in [6.45, 7) is 0. The molecule has 20 heavy (non-hydrogen) atoms. The number of halogens is 4. The Bertz CT molecular complexity index is 717. The van der Waals surface area contributed by atoms with Gasteiger partial charge in [-0.05, 0) is 18.2 Å². The number of nitrogens with zero attached hydrogens (tertiary/aromatic N) is 4. The van der Waals surface area contributed by atoms with Gasteiger partial charge < -0.3 is 0 Å². The van der Waals surface area contributed by atoms with Crippen LogP contribution in [0.25, 0.3) is 5.69 Å². The highest BCUT2D eigenvalue weighted by molar-refractivity contribution is 6.32. The second-order valence-corrected chi connectivity index (χ2v) is 4.06. The van der Waals surface area contributed by atoms with Crippen LogP contribution in [0.15, 0.2) is 24.4 Å². The highest BCUT2D eigenvalue weighted by atomic mass is 35.5. The van der Waals surface area contributed by atoms with E-state index < -0.39 is 17.7 Å². The molecule has 0 fully saturated rings. The monoisotopic (exact) mass is 300 g/mol. The SMILES string of the molecule is N#Cc1ccc(Cl)c(-n2cc(C(=O)C(F)(F)F)nn2)c1. The van der Waals surface area contributed by atoms with Gasteiger partial charge in [-0.25, -0.2) is 4.68 Å². The number of ketones is 1. The zero-order chi connectivity index (χ0) is 14.9. The third-order valence-electron chi connectivity index (χ3n) is 2.31. The van der Waals surface area contributed by atoms with Crippen molar-refractivity contribution in [1.29, 1.82) is 5.26 Å². The fourth-order valence-electron chi connectivity index (χ4n) is 1.39. The molecule has 0 unspecified atom stereocenters. The number of carbonyl (C=O) groups is 1. The first-order valence-corrected chi connectivity index (χ1v) is 5.44. The van der Waals surface area contributed by atoms with Gasteiger partial charge in [0, 0.05) is 0 Å². The van der Waals surface area contributed by atoms with Crippen LogP contribution >= 0.6 is 11.6 Å². The first-order chi connectivity index (χ1) is 9.32. The molecule has 0 aliphatic heterocycles. The van der Waals surface area contributed by atoms with Crippen LogP contribution in [0.3, 0.4) is 0 Å². The number of Topliss-reactive ketones (excluding diaryl/α,β-unsaturated/α-hetero) is 1. The van der Waals surface area contributed by atoms with Gasteiger partial charge in [0.05, 0.1) is 28.5 Å². The average Bonchev–Trinajstić information content (AvgIpc) is 2.86. The maximum atomic E-state index is 12.2. The number of alkyl halides is 3. The molecule has 1 heterocycles. The summed E-state index contributed by atoms with van der Waals surface area (Å²) in [7, 11) is 0. The molecule has 0 N–H and O–H groups in total. The van der Waals surface area contributed by atoms with Crippen molar-refractivity contribution in [2.75, 3.05) is 0 Å².